The number of aromatic amines is 1. The fourth-order valence-corrected chi connectivity index (χ4v) is 4.17. The van der Waals surface area contributed by atoms with Crippen LogP contribution in [0.2, 0.25) is 0 Å². The van der Waals surface area contributed by atoms with Crippen molar-refractivity contribution in [1.82, 2.24) is 19.9 Å². The summed E-state index contributed by atoms with van der Waals surface area (Å²) in [6.45, 7) is 1.12. The molecule has 1 amide bonds. The van der Waals surface area contributed by atoms with Crippen molar-refractivity contribution in [3.05, 3.63) is 89.2 Å². The van der Waals surface area contributed by atoms with Gasteiger partial charge in [0.25, 0.3) is 22.3 Å². The normalized spacial score (nSPS) is 13.2. The largest absolute Gasteiger partial charge is 0.477 e. The number of hydrogen-bond acceptors (Lipinski definition) is 8. The van der Waals surface area contributed by atoms with Crippen molar-refractivity contribution in [2.24, 2.45) is 0 Å². The van der Waals surface area contributed by atoms with Crippen LogP contribution < -0.4 is 32.4 Å². The number of nitrogens with one attached hydrogen (secondary N) is 2. The number of carboxylic acids is 1. The van der Waals surface area contributed by atoms with Gasteiger partial charge in [0.05, 0.1) is 0 Å². The number of carbonyl (C=O) groups excluding carboxylic acids is 1. The fraction of sp³-hybridized carbons (Fsp3) is 0.182. The van der Waals surface area contributed by atoms with E-state index in [4.69, 9.17) is 5.73 Å². The van der Waals surface area contributed by atoms with E-state index in [2.05, 4.69) is 15.4 Å². The summed E-state index contributed by atoms with van der Waals surface area (Å²) < 4.78 is 0.999. The summed E-state index contributed by atoms with van der Waals surface area (Å²) in [5, 5.41) is 14.4. The van der Waals surface area contributed by atoms with Gasteiger partial charge in [-0.2, -0.15) is 0 Å². The molecule has 0 saturated heterocycles. The van der Waals surface area contributed by atoms with Crippen molar-refractivity contribution in [3.63, 3.8) is 0 Å². The fourth-order valence-electron chi connectivity index (χ4n) is 4.17. The lowest BCUT2D eigenvalue weighted by Gasteiger charge is -2.32. The first-order valence-corrected chi connectivity index (χ1v) is 10.3. The predicted molar refractivity (Wildman–Crippen MR) is 121 cm³/mol. The zero-order valence-electron chi connectivity index (χ0n) is 17.6. The highest BCUT2D eigenvalue weighted by atomic mass is 16.4. The molecule has 0 bridgehead atoms. The summed E-state index contributed by atoms with van der Waals surface area (Å²) in [6.07, 6.45) is 0.679. The lowest BCUT2D eigenvalue weighted by Crippen LogP contribution is -2.44. The Bertz CT molecular complexity index is 1620. The highest BCUT2D eigenvalue weighted by Crippen LogP contribution is 2.26. The molecule has 12 heteroatoms. The minimum atomic E-state index is -1.32. The van der Waals surface area contributed by atoms with Crippen molar-refractivity contribution in [2.75, 3.05) is 17.2 Å². The number of aromatic nitrogens is 3. The topological polar surface area (TPSA) is 180 Å². The third-order valence-corrected chi connectivity index (χ3v) is 5.89. The van der Waals surface area contributed by atoms with E-state index in [1.165, 1.54) is 0 Å². The third kappa shape index (κ3) is 3.41. The second-order valence-corrected chi connectivity index (χ2v) is 8.02. The Morgan fingerprint density at radius 3 is 2.65 bits per heavy atom. The number of rotatable bonds is 5. The van der Waals surface area contributed by atoms with Gasteiger partial charge < -0.3 is 21.1 Å². The van der Waals surface area contributed by atoms with Gasteiger partial charge in [-0.05, 0) is 23.1 Å². The molecule has 12 nitrogen and oxygen atoms in total. The minimum absolute atomic E-state index is 0.00764. The second-order valence-electron chi connectivity index (χ2n) is 8.02. The molecule has 0 saturated carbocycles. The maximum atomic E-state index is 12.7. The molecule has 3 heterocycles. The molecule has 2 aromatic heterocycles. The SMILES string of the molecule is Nc1c(N2CCc3ccc(CNC(=O)c4cc(C(=O)O)n5[nH]c(=O)cc5n4)cc3C2)c(=O)c1=O. The van der Waals surface area contributed by atoms with Crippen molar-refractivity contribution >= 4 is 28.9 Å². The van der Waals surface area contributed by atoms with Gasteiger partial charge in [0.1, 0.15) is 17.1 Å². The minimum Gasteiger partial charge on any atom is -0.477 e. The van der Waals surface area contributed by atoms with E-state index in [1.54, 1.807) is 4.90 Å². The number of benzene rings is 1. The van der Waals surface area contributed by atoms with Crippen LogP contribution in [0.3, 0.4) is 0 Å². The average molecular weight is 462 g/mol. The van der Waals surface area contributed by atoms with E-state index in [0.717, 1.165) is 33.3 Å². The molecule has 1 aliphatic rings. The molecular formula is C22H18N6O6. The molecular weight excluding hydrogens is 444 g/mol. The molecule has 5 rings (SSSR count). The Morgan fingerprint density at radius 1 is 1.12 bits per heavy atom. The molecule has 1 aliphatic heterocycles. The zero-order chi connectivity index (χ0) is 24.1. The number of fused-ring (bicyclic) bond motifs is 2. The van der Waals surface area contributed by atoms with Crippen LogP contribution in [-0.2, 0) is 19.5 Å². The Hall–Kier alpha value is -4.74. The van der Waals surface area contributed by atoms with Crippen LogP contribution in [0.4, 0.5) is 11.4 Å². The molecule has 0 atom stereocenters. The van der Waals surface area contributed by atoms with Crippen molar-refractivity contribution in [3.8, 4) is 0 Å². The molecule has 34 heavy (non-hydrogen) atoms. The van der Waals surface area contributed by atoms with Crippen molar-refractivity contribution in [1.29, 1.82) is 0 Å². The van der Waals surface area contributed by atoms with Gasteiger partial charge in [-0.3, -0.25) is 24.3 Å². The van der Waals surface area contributed by atoms with Crippen LogP contribution in [0.5, 0.6) is 0 Å². The first kappa shape index (κ1) is 21.1. The first-order valence-electron chi connectivity index (χ1n) is 10.3. The summed E-state index contributed by atoms with van der Waals surface area (Å²) in [5.74, 6) is -1.93. The van der Waals surface area contributed by atoms with Gasteiger partial charge >= 0.3 is 5.97 Å². The van der Waals surface area contributed by atoms with Crippen molar-refractivity contribution in [2.45, 2.75) is 19.5 Å². The maximum absolute atomic E-state index is 12.7. The first-order chi connectivity index (χ1) is 16.2. The van der Waals surface area contributed by atoms with Crippen LogP contribution in [0.1, 0.15) is 37.7 Å². The zero-order valence-corrected chi connectivity index (χ0v) is 17.6. The van der Waals surface area contributed by atoms with Gasteiger partial charge in [0.2, 0.25) is 0 Å². The molecule has 0 spiro atoms. The number of nitrogens with two attached hydrogens (primary N) is 1. The molecule has 172 valence electrons. The van der Waals surface area contributed by atoms with E-state index in [0.29, 0.717) is 19.5 Å². The number of H-pyrrole nitrogens is 1. The summed E-state index contributed by atoms with van der Waals surface area (Å²) in [6, 6.07) is 7.89. The van der Waals surface area contributed by atoms with Gasteiger partial charge in [-0.25, -0.2) is 14.3 Å². The van der Waals surface area contributed by atoms with Crippen LogP contribution in [0, 0.1) is 0 Å². The van der Waals surface area contributed by atoms with Gasteiger partial charge in [0.15, 0.2) is 11.3 Å². The van der Waals surface area contributed by atoms with E-state index in [1.807, 2.05) is 18.2 Å². The van der Waals surface area contributed by atoms with E-state index in [-0.39, 0.29) is 35.0 Å². The molecule has 2 aromatic carbocycles. The smallest absolute Gasteiger partial charge is 0.354 e. The summed E-state index contributed by atoms with van der Waals surface area (Å²) in [4.78, 5) is 64.9. The van der Waals surface area contributed by atoms with Gasteiger partial charge in [0, 0.05) is 31.8 Å². The molecule has 0 fully saturated rings. The summed E-state index contributed by atoms with van der Waals surface area (Å²) in [5.41, 5.74) is 6.58. The van der Waals surface area contributed by atoms with Gasteiger partial charge in [-0.1, -0.05) is 18.2 Å². The number of anilines is 2. The van der Waals surface area contributed by atoms with Crippen LogP contribution in [-0.4, -0.2) is 38.1 Å². The summed E-state index contributed by atoms with van der Waals surface area (Å²) >= 11 is 0. The third-order valence-electron chi connectivity index (χ3n) is 5.89. The predicted octanol–water partition coefficient (Wildman–Crippen LogP) is -0.608. The second kappa shape index (κ2) is 7.69. The quantitative estimate of drug-likeness (QED) is 0.281. The molecule has 4 aromatic rings. The molecule has 0 radical (unpaired) electrons. The summed E-state index contributed by atoms with van der Waals surface area (Å²) in [7, 11) is 0. The molecule has 0 unspecified atom stereocenters. The highest BCUT2D eigenvalue weighted by molar-refractivity contribution is 5.96. The Morgan fingerprint density at radius 2 is 1.91 bits per heavy atom. The number of nitrogens with zero attached hydrogens (tertiary/aromatic N) is 3. The number of hydrogen-bond donors (Lipinski definition) is 4. The lowest BCUT2D eigenvalue weighted by atomic mass is 9.96. The lowest BCUT2D eigenvalue weighted by molar-refractivity contribution is 0.0687. The molecule has 5 N–H and O–H groups in total. The Labute approximate surface area is 189 Å². The van der Waals surface area contributed by atoms with E-state index in [9.17, 15) is 29.1 Å². The van der Waals surface area contributed by atoms with Crippen LogP contribution in [0.15, 0.2) is 44.7 Å². The van der Waals surface area contributed by atoms with Gasteiger partial charge in [-0.15, -0.1) is 0 Å². The number of carbonyl (C=O) groups is 2. The van der Waals surface area contributed by atoms with Crippen molar-refractivity contribution < 1.29 is 14.7 Å². The van der Waals surface area contributed by atoms with E-state index < -0.39 is 28.3 Å². The van der Waals surface area contributed by atoms with Crippen LogP contribution in [0.25, 0.3) is 5.65 Å². The van der Waals surface area contributed by atoms with E-state index >= 15 is 0 Å². The number of nitrogen functional groups attached to an aromatic ring is 1. The highest BCUT2D eigenvalue weighted by Gasteiger charge is 2.27. The molecule has 0 aliphatic carbocycles. The average Bonchev–Trinajstić information content (AvgIpc) is 3.21. The van der Waals surface area contributed by atoms with Crippen LogP contribution >= 0.6 is 0 Å². The standard InChI is InChI=1S/C22H18N6O6/c23-17-18(20(31)19(17)30)27-4-3-11-2-1-10(5-12(11)9-27)8-24-21(32)13-6-14(22(33)34)28-15(25-13)7-16(29)26-28/h1-2,5-7H,3-4,8-9,23H2,(H,24,32)(H,26,29)(H,33,34). The Kier molecular flexibility index (Phi) is 4.78. The number of aromatic carboxylic acids is 1. The number of amides is 1. The Balaban J connectivity index is 1.34. The number of carboxylic acid groups (broad SMARTS) is 1. The monoisotopic (exact) mass is 462 g/mol. The maximum Gasteiger partial charge on any atom is 0.354 e.